The third-order valence-corrected chi connectivity index (χ3v) is 2.33. The predicted octanol–water partition coefficient (Wildman–Crippen LogP) is 2.26. The number of halogens is 1. The van der Waals surface area contributed by atoms with Gasteiger partial charge < -0.3 is 9.47 Å². The quantitative estimate of drug-likeness (QED) is 0.470. The van der Waals surface area contributed by atoms with Crippen LogP contribution in [0.15, 0.2) is 30.4 Å². The predicted molar refractivity (Wildman–Crippen MR) is 63.5 cm³/mol. The van der Waals surface area contributed by atoms with Crippen molar-refractivity contribution in [3.8, 4) is 5.75 Å². The number of carbonyl (C=O) groups excluding carboxylic acids is 2. The summed E-state index contributed by atoms with van der Waals surface area (Å²) in [5, 5.41) is 0.267. The maximum atomic E-state index is 11.7. The SMILES string of the molecule is COC(=O)/C=C/C(=O)c1ccc(OC)cc1Cl. The molecule has 0 amide bonds. The molecule has 0 heterocycles. The third-order valence-electron chi connectivity index (χ3n) is 2.01. The van der Waals surface area contributed by atoms with Crippen LogP contribution in [0.1, 0.15) is 10.4 Å². The van der Waals surface area contributed by atoms with Crippen molar-refractivity contribution < 1.29 is 19.1 Å². The molecule has 0 unspecified atom stereocenters. The van der Waals surface area contributed by atoms with E-state index in [4.69, 9.17) is 16.3 Å². The van der Waals surface area contributed by atoms with E-state index in [1.807, 2.05) is 0 Å². The van der Waals surface area contributed by atoms with Crippen molar-refractivity contribution in [2.45, 2.75) is 0 Å². The van der Waals surface area contributed by atoms with E-state index < -0.39 is 5.97 Å². The van der Waals surface area contributed by atoms with Gasteiger partial charge in [-0.3, -0.25) is 4.79 Å². The summed E-state index contributed by atoms with van der Waals surface area (Å²) in [4.78, 5) is 22.5. The molecule has 0 aromatic heterocycles. The molecule has 0 aliphatic carbocycles. The molecule has 0 radical (unpaired) electrons. The topological polar surface area (TPSA) is 52.6 Å². The molecule has 0 aliphatic heterocycles. The van der Waals surface area contributed by atoms with Crippen molar-refractivity contribution >= 4 is 23.4 Å². The molecule has 1 aromatic rings. The van der Waals surface area contributed by atoms with Gasteiger partial charge >= 0.3 is 5.97 Å². The molecule has 4 nitrogen and oxygen atoms in total. The summed E-state index contributed by atoms with van der Waals surface area (Å²) in [6.07, 6.45) is 2.16. The van der Waals surface area contributed by atoms with Gasteiger partial charge in [0.2, 0.25) is 0 Å². The largest absolute Gasteiger partial charge is 0.497 e. The minimum atomic E-state index is -0.594. The van der Waals surface area contributed by atoms with Gasteiger partial charge in [0.1, 0.15) is 5.75 Å². The van der Waals surface area contributed by atoms with Crippen LogP contribution in [0, 0.1) is 0 Å². The van der Waals surface area contributed by atoms with Gasteiger partial charge in [0, 0.05) is 11.6 Å². The van der Waals surface area contributed by atoms with E-state index in [9.17, 15) is 9.59 Å². The number of hydrogen-bond acceptors (Lipinski definition) is 4. The number of allylic oxidation sites excluding steroid dienone is 1. The van der Waals surface area contributed by atoms with E-state index in [-0.39, 0.29) is 10.8 Å². The summed E-state index contributed by atoms with van der Waals surface area (Å²) < 4.78 is 9.33. The van der Waals surface area contributed by atoms with Crippen molar-refractivity contribution in [3.63, 3.8) is 0 Å². The zero-order chi connectivity index (χ0) is 12.8. The minimum absolute atomic E-state index is 0.267. The number of benzene rings is 1. The van der Waals surface area contributed by atoms with Crippen LogP contribution in [0.4, 0.5) is 0 Å². The maximum Gasteiger partial charge on any atom is 0.330 e. The summed E-state index contributed by atoms with van der Waals surface area (Å²) in [7, 11) is 2.74. The maximum absolute atomic E-state index is 11.7. The lowest BCUT2D eigenvalue weighted by molar-refractivity contribution is -0.134. The molecule has 0 aliphatic rings. The molecule has 0 atom stereocenters. The Hall–Kier alpha value is -1.81. The lowest BCUT2D eigenvalue weighted by Crippen LogP contribution is -2.00. The van der Waals surface area contributed by atoms with E-state index in [0.29, 0.717) is 11.3 Å². The second-order valence-electron chi connectivity index (χ2n) is 3.07. The average molecular weight is 255 g/mol. The minimum Gasteiger partial charge on any atom is -0.497 e. The Kier molecular flexibility index (Phi) is 4.72. The zero-order valence-corrected chi connectivity index (χ0v) is 10.2. The van der Waals surface area contributed by atoms with Crippen molar-refractivity contribution in [1.82, 2.24) is 0 Å². The van der Waals surface area contributed by atoms with Crippen LogP contribution >= 0.6 is 11.6 Å². The van der Waals surface area contributed by atoms with Gasteiger partial charge in [-0.05, 0) is 24.3 Å². The van der Waals surface area contributed by atoms with Crippen molar-refractivity contribution in [2.75, 3.05) is 14.2 Å². The van der Waals surface area contributed by atoms with Crippen LogP contribution in [0.3, 0.4) is 0 Å². The van der Waals surface area contributed by atoms with Crippen LogP contribution in [0.25, 0.3) is 0 Å². The smallest absolute Gasteiger partial charge is 0.330 e. The second kappa shape index (κ2) is 6.06. The first-order valence-corrected chi connectivity index (χ1v) is 5.10. The Bertz CT molecular complexity index is 466. The number of esters is 1. The summed E-state index contributed by atoms with van der Waals surface area (Å²) in [6.45, 7) is 0. The molecule has 0 fully saturated rings. The molecule has 5 heteroatoms. The monoisotopic (exact) mass is 254 g/mol. The molecule has 1 aromatic carbocycles. The third kappa shape index (κ3) is 3.60. The van der Waals surface area contributed by atoms with Gasteiger partial charge in [-0.1, -0.05) is 11.6 Å². The fraction of sp³-hybridized carbons (Fsp3) is 0.167. The van der Waals surface area contributed by atoms with Gasteiger partial charge in [-0.2, -0.15) is 0 Å². The van der Waals surface area contributed by atoms with E-state index in [2.05, 4.69) is 4.74 Å². The molecule has 1 rings (SSSR count). The highest BCUT2D eigenvalue weighted by atomic mass is 35.5. The fourth-order valence-corrected chi connectivity index (χ4v) is 1.39. The van der Waals surface area contributed by atoms with Crippen molar-refractivity contribution in [3.05, 3.63) is 40.9 Å². The number of methoxy groups -OCH3 is 2. The molecule has 0 saturated heterocycles. The van der Waals surface area contributed by atoms with Crippen molar-refractivity contribution in [1.29, 1.82) is 0 Å². The summed E-state index contributed by atoms with van der Waals surface area (Å²) in [5.74, 6) is -0.408. The molecule has 0 spiro atoms. The number of rotatable bonds is 4. The lowest BCUT2D eigenvalue weighted by Gasteiger charge is -2.03. The normalized spacial score (nSPS) is 10.3. The zero-order valence-electron chi connectivity index (χ0n) is 9.40. The van der Waals surface area contributed by atoms with Gasteiger partial charge in [0.15, 0.2) is 5.78 Å². The summed E-state index contributed by atoms with van der Waals surface area (Å²) in [5.41, 5.74) is 0.299. The van der Waals surface area contributed by atoms with Crippen molar-refractivity contribution in [2.24, 2.45) is 0 Å². The highest BCUT2D eigenvalue weighted by Crippen LogP contribution is 2.22. The molecule has 0 N–H and O–H groups in total. The summed E-state index contributed by atoms with van der Waals surface area (Å²) >= 11 is 5.90. The molecular formula is C12H11ClO4. The molecule has 90 valence electrons. The van der Waals surface area contributed by atoms with Gasteiger partial charge in [0.05, 0.1) is 19.2 Å². The van der Waals surface area contributed by atoms with Crippen LogP contribution in [0.5, 0.6) is 5.75 Å². The Labute approximate surface area is 104 Å². The fourth-order valence-electron chi connectivity index (χ4n) is 1.12. The number of hydrogen-bond donors (Lipinski definition) is 0. The first-order valence-electron chi connectivity index (χ1n) is 4.72. The lowest BCUT2D eigenvalue weighted by atomic mass is 10.1. The first kappa shape index (κ1) is 13.3. The highest BCUT2D eigenvalue weighted by molar-refractivity contribution is 6.34. The molecule has 0 bridgehead atoms. The highest BCUT2D eigenvalue weighted by Gasteiger charge is 2.08. The van der Waals surface area contributed by atoms with E-state index in [1.54, 1.807) is 6.07 Å². The molecule has 0 saturated carbocycles. The van der Waals surface area contributed by atoms with Gasteiger partial charge in [0.25, 0.3) is 0 Å². The van der Waals surface area contributed by atoms with Crippen LogP contribution < -0.4 is 4.74 Å². The van der Waals surface area contributed by atoms with Gasteiger partial charge in [-0.15, -0.1) is 0 Å². The second-order valence-corrected chi connectivity index (χ2v) is 3.47. The summed E-state index contributed by atoms with van der Waals surface area (Å²) in [6, 6.07) is 4.68. The molecular weight excluding hydrogens is 244 g/mol. The Morgan fingerprint density at radius 1 is 1.24 bits per heavy atom. The Morgan fingerprint density at radius 2 is 1.94 bits per heavy atom. The standard InChI is InChI=1S/C12H11ClO4/c1-16-8-3-4-9(10(13)7-8)11(14)5-6-12(15)17-2/h3-7H,1-2H3/b6-5+. The van der Waals surface area contributed by atoms with Crippen LogP contribution in [0.2, 0.25) is 5.02 Å². The van der Waals surface area contributed by atoms with Crippen LogP contribution in [-0.2, 0) is 9.53 Å². The number of ether oxygens (including phenoxy) is 2. The first-order chi connectivity index (χ1) is 8.08. The Balaban J connectivity index is 2.90. The Morgan fingerprint density at radius 3 is 2.47 bits per heavy atom. The number of carbonyl (C=O) groups is 2. The van der Waals surface area contributed by atoms with E-state index >= 15 is 0 Å². The van der Waals surface area contributed by atoms with E-state index in [1.165, 1.54) is 26.4 Å². The van der Waals surface area contributed by atoms with E-state index in [0.717, 1.165) is 12.2 Å². The van der Waals surface area contributed by atoms with Crippen LogP contribution in [-0.4, -0.2) is 26.0 Å². The average Bonchev–Trinajstić information content (AvgIpc) is 2.35. The molecule has 17 heavy (non-hydrogen) atoms. The van der Waals surface area contributed by atoms with Gasteiger partial charge in [-0.25, -0.2) is 4.79 Å². The number of ketones is 1.